The van der Waals surface area contributed by atoms with Crippen LogP contribution in [-0.4, -0.2) is 12.8 Å². The molecule has 2 rings (SSSR count). The van der Waals surface area contributed by atoms with Crippen molar-refractivity contribution in [2.45, 2.75) is 0 Å². The third-order valence-corrected chi connectivity index (χ3v) is 1.97. The molecule has 0 bridgehead atoms. The minimum Gasteiger partial charge on any atom is -0.305 e. The van der Waals surface area contributed by atoms with Crippen LogP contribution in [0, 0.1) is 0 Å². The van der Waals surface area contributed by atoms with Crippen LogP contribution in [0.25, 0.3) is 6.08 Å². The summed E-state index contributed by atoms with van der Waals surface area (Å²) in [7, 11) is 0. The van der Waals surface area contributed by atoms with E-state index >= 15 is 0 Å². The number of fused-ring (bicyclic) bond motifs is 1. The Kier molecular flexibility index (Phi) is 2.10. The van der Waals surface area contributed by atoms with Crippen molar-refractivity contribution < 1.29 is 0 Å². The summed E-state index contributed by atoms with van der Waals surface area (Å²) in [6.45, 7) is 0.640. The molecule has 0 aromatic heterocycles. The van der Waals surface area contributed by atoms with Gasteiger partial charge in [0.1, 0.15) is 0 Å². The maximum absolute atomic E-state index is 5.82. The molecule has 1 heterocycles. The van der Waals surface area contributed by atoms with Gasteiger partial charge in [0.2, 0.25) is 0 Å². The molecule has 66 valence electrons. The Morgan fingerprint density at radius 2 is 2.15 bits per heavy atom. The Labute approximate surface area is 77.2 Å². The Morgan fingerprint density at radius 3 is 3.08 bits per heavy atom. The predicted molar refractivity (Wildman–Crippen MR) is 55.5 cm³/mol. The van der Waals surface area contributed by atoms with E-state index in [1.54, 1.807) is 17.4 Å². The Balaban J connectivity index is 2.49. The summed E-state index contributed by atoms with van der Waals surface area (Å²) in [5.41, 5.74) is 2.13. The van der Waals surface area contributed by atoms with Gasteiger partial charge in [-0.1, -0.05) is 18.2 Å². The van der Waals surface area contributed by atoms with Gasteiger partial charge >= 0.3 is 0 Å². The Morgan fingerprint density at radius 1 is 1.31 bits per heavy atom. The molecule has 1 aliphatic rings. The molecule has 13 heavy (non-hydrogen) atoms. The van der Waals surface area contributed by atoms with Crippen molar-refractivity contribution in [1.82, 2.24) is 0 Å². The van der Waals surface area contributed by atoms with Crippen molar-refractivity contribution in [2.75, 3.05) is 11.6 Å². The molecule has 0 fully saturated rings. The topological polar surface area (TPSA) is 41.6 Å². The van der Waals surface area contributed by atoms with Crippen molar-refractivity contribution in [2.24, 2.45) is 10.8 Å². The maximum Gasteiger partial charge on any atom is 0.0695 e. The minimum atomic E-state index is 0.640. The number of hydrazine groups is 1. The van der Waals surface area contributed by atoms with E-state index in [4.69, 9.17) is 5.84 Å². The summed E-state index contributed by atoms with van der Waals surface area (Å²) >= 11 is 0. The van der Waals surface area contributed by atoms with Crippen LogP contribution in [0.2, 0.25) is 0 Å². The molecule has 2 N–H and O–H groups in total. The summed E-state index contributed by atoms with van der Waals surface area (Å²) < 4.78 is 0. The molecule has 3 heteroatoms. The summed E-state index contributed by atoms with van der Waals surface area (Å²) in [5, 5.41) is 1.68. The average Bonchev–Trinajstić information content (AvgIpc) is 2.14. The SMILES string of the molecule is NN1CC=N/C=C\c2ccccc21. The van der Waals surface area contributed by atoms with Gasteiger partial charge in [-0.25, -0.2) is 5.84 Å². The lowest BCUT2D eigenvalue weighted by atomic mass is 10.1. The summed E-state index contributed by atoms with van der Waals surface area (Å²) in [6, 6.07) is 7.99. The maximum atomic E-state index is 5.82. The first kappa shape index (κ1) is 8.01. The number of para-hydroxylation sites is 1. The molecule has 0 radical (unpaired) electrons. The van der Waals surface area contributed by atoms with Crippen LogP contribution in [0.4, 0.5) is 5.69 Å². The van der Waals surface area contributed by atoms with Crippen LogP contribution in [0.15, 0.2) is 35.5 Å². The molecular weight excluding hydrogens is 162 g/mol. The van der Waals surface area contributed by atoms with Crippen molar-refractivity contribution in [3.05, 3.63) is 36.0 Å². The van der Waals surface area contributed by atoms with Crippen LogP contribution in [0.1, 0.15) is 5.56 Å². The standard InChI is InChI=1S/C10H11N3/c11-13-8-7-12-6-5-9-3-1-2-4-10(9)13/h1-7H,8,11H2/b6-5-,12-7?. The Hall–Kier alpha value is -1.61. The van der Waals surface area contributed by atoms with Crippen LogP contribution < -0.4 is 10.9 Å². The fourth-order valence-electron chi connectivity index (χ4n) is 1.31. The first-order valence-electron chi connectivity index (χ1n) is 4.17. The van der Waals surface area contributed by atoms with Gasteiger partial charge in [0.05, 0.1) is 12.2 Å². The van der Waals surface area contributed by atoms with Crippen molar-refractivity contribution in [3.8, 4) is 0 Å². The van der Waals surface area contributed by atoms with E-state index < -0.39 is 0 Å². The largest absolute Gasteiger partial charge is 0.305 e. The van der Waals surface area contributed by atoms with Crippen molar-refractivity contribution >= 4 is 18.0 Å². The zero-order valence-electron chi connectivity index (χ0n) is 7.22. The van der Waals surface area contributed by atoms with Gasteiger partial charge in [0, 0.05) is 18.0 Å². The van der Waals surface area contributed by atoms with Gasteiger partial charge in [-0.3, -0.25) is 4.99 Å². The summed E-state index contributed by atoms with van der Waals surface area (Å²) in [4.78, 5) is 4.05. The quantitative estimate of drug-likeness (QED) is 0.603. The van der Waals surface area contributed by atoms with Gasteiger partial charge in [-0.05, 0) is 12.1 Å². The number of hydrogen-bond acceptors (Lipinski definition) is 3. The molecule has 3 nitrogen and oxygen atoms in total. The van der Waals surface area contributed by atoms with Gasteiger partial charge < -0.3 is 5.01 Å². The number of nitrogens with two attached hydrogens (primary N) is 1. The second-order valence-electron chi connectivity index (χ2n) is 2.86. The highest BCUT2D eigenvalue weighted by atomic mass is 15.4. The summed E-state index contributed by atoms with van der Waals surface area (Å²) in [5.74, 6) is 5.82. The highest BCUT2D eigenvalue weighted by Crippen LogP contribution is 2.19. The fraction of sp³-hybridized carbons (Fsp3) is 0.100. The lowest BCUT2D eigenvalue weighted by Gasteiger charge is -2.19. The van der Waals surface area contributed by atoms with E-state index in [2.05, 4.69) is 4.99 Å². The normalized spacial score (nSPS) is 17.5. The molecule has 0 saturated heterocycles. The highest BCUT2D eigenvalue weighted by Gasteiger charge is 2.04. The number of aliphatic imine (C=N–C) groups is 1. The van der Waals surface area contributed by atoms with E-state index in [-0.39, 0.29) is 0 Å². The van der Waals surface area contributed by atoms with Gasteiger partial charge in [0.25, 0.3) is 0 Å². The lowest BCUT2D eigenvalue weighted by Crippen LogP contribution is -2.33. The molecule has 1 aromatic carbocycles. The number of anilines is 1. The monoisotopic (exact) mass is 173 g/mol. The second kappa shape index (κ2) is 3.41. The smallest absolute Gasteiger partial charge is 0.0695 e. The van der Waals surface area contributed by atoms with Crippen molar-refractivity contribution in [3.63, 3.8) is 0 Å². The minimum absolute atomic E-state index is 0.640. The van der Waals surface area contributed by atoms with Crippen molar-refractivity contribution in [1.29, 1.82) is 0 Å². The van der Waals surface area contributed by atoms with Crippen LogP contribution in [0.3, 0.4) is 0 Å². The molecule has 0 atom stereocenters. The molecule has 0 amide bonds. The van der Waals surface area contributed by atoms with E-state index in [0.29, 0.717) is 6.54 Å². The van der Waals surface area contributed by atoms with Crippen LogP contribution >= 0.6 is 0 Å². The molecule has 0 spiro atoms. The highest BCUT2D eigenvalue weighted by molar-refractivity contribution is 5.74. The van der Waals surface area contributed by atoms with E-state index in [9.17, 15) is 0 Å². The molecular formula is C10H11N3. The first-order chi connectivity index (χ1) is 6.38. The molecule has 0 saturated carbocycles. The zero-order chi connectivity index (χ0) is 9.10. The first-order valence-corrected chi connectivity index (χ1v) is 4.17. The van der Waals surface area contributed by atoms with Crippen LogP contribution in [0.5, 0.6) is 0 Å². The van der Waals surface area contributed by atoms with E-state index in [1.165, 1.54) is 0 Å². The number of nitrogens with zero attached hydrogens (tertiary/aromatic N) is 2. The van der Waals surface area contributed by atoms with Gasteiger partial charge in [-0.15, -0.1) is 0 Å². The average molecular weight is 173 g/mol. The number of hydrogen-bond donors (Lipinski definition) is 1. The van der Waals surface area contributed by atoms with E-state index in [1.807, 2.05) is 30.3 Å². The number of rotatable bonds is 0. The molecule has 1 aliphatic heterocycles. The fourth-order valence-corrected chi connectivity index (χ4v) is 1.31. The summed E-state index contributed by atoms with van der Waals surface area (Å²) in [6.07, 6.45) is 5.52. The Bertz CT molecular complexity index is 355. The molecule has 1 aromatic rings. The van der Waals surface area contributed by atoms with Gasteiger partial charge in [0.15, 0.2) is 0 Å². The lowest BCUT2D eigenvalue weighted by molar-refractivity contribution is 0.966. The predicted octanol–water partition coefficient (Wildman–Crippen LogP) is 1.42. The van der Waals surface area contributed by atoms with Crippen LogP contribution in [-0.2, 0) is 0 Å². The van der Waals surface area contributed by atoms with Gasteiger partial charge in [-0.2, -0.15) is 0 Å². The molecule has 0 aliphatic carbocycles. The second-order valence-corrected chi connectivity index (χ2v) is 2.86. The third-order valence-electron chi connectivity index (χ3n) is 1.97. The van der Waals surface area contributed by atoms with E-state index in [0.717, 1.165) is 11.3 Å². The zero-order valence-corrected chi connectivity index (χ0v) is 7.22. The third kappa shape index (κ3) is 1.60. The molecule has 0 unspecified atom stereocenters. The number of benzene rings is 1.